The van der Waals surface area contributed by atoms with Crippen LogP contribution in [0.15, 0.2) is 24.3 Å². The molecule has 0 N–H and O–H groups in total. The van der Waals surface area contributed by atoms with E-state index in [4.69, 9.17) is 4.74 Å². The van der Waals surface area contributed by atoms with Crippen molar-refractivity contribution in [1.82, 2.24) is 4.90 Å². The Labute approximate surface area is 130 Å². The van der Waals surface area contributed by atoms with E-state index in [-0.39, 0.29) is 0 Å². The number of ether oxygens (including phenoxy) is 1. The molecule has 0 bridgehead atoms. The summed E-state index contributed by atoms with van der Waals surface area (Å²) in [5.74, 6) is 0. The Morgan fingerprint density at radius 3 is 2.52 bits per heavy atom. The van der Waals surface area contributed by atoms with Crippen LogP contribution in [0.3, 0.4) is 0 Å². The van der Waals surface area contributed by atoms with Crippen LogP contribution in [0.5, 0.6) is 0 Å². The van der Waals surface area contributed by atoms with E-state index in [1.165, 1.54) is 31.2 Å². The van der Waals surface area contributed by atoms with Gasteiger partial charge in [-0.3, -0.25) is 4.90 Å². The van der Waals surface area contributed by atoms with Crippen molar-refractivity contribution < 1.29 is 4.74 Å². The second-order valence-corrected chi connectivity index (χ2v) is 12.8. The van der Waals surface area contributed by atoms with Crippen molar-refractivity contribution in [2.24, 2.45) is 0 Å². The molecule has 0 radical (unpaired) electrons. The van der Waals surface area contributed by atoms with Gasteiger partial charge < -0.3 is 4.74 Å². The zero-order valence-electron chi connectivity index (χ0n) is 13.8. The Morgan fingerprint density at radius 1 is 1.10 bits per heavy atom. The van der Waals surface area contributed by atoms with Crippen molar-refractivity contribution in [2.45, 2.75) is 64.0 Å². The van der Waals surface area contributed by atoms with Gasteiger partial charge in [-0.1, -0.05) is 61.9 Å². The minimum Gasteiger partial charge on any atom is -0.375 e. The lowest BCUT2D eigenvalue weighted by Crippen LogP contribution is -2.52. The lowest BCUT2D eigenvalue weighted by Gasteiger charge is -2.44. The summed E-state index contributed by atoms with van der Waals surface area (Å²) >= 11 is 0. The number of benzene rings is 1. The maximum absolute atomic E-state index is 5.98. The standard InChI is InChI=1S/C18H29NOSi/c1-21(2,3)16-10-8-15(9-11-16)14-19-12-13-20-18-7-5-4-6-17(18)19/h8-11,17-18H,4-7,12-14H2,1-3H3. The smallest absolute Gasteiger partial charge is 0.0775 e. The summed E-state index contributed by atoms with van der Waals surface area (Å²) in [7, 11) is -1.17. The molecule has 3 rings (SSSR count). The van der Waals surface area contributed by atoms with Gasteiger partial charge in [0.25, 0.3) is 0 Å². The first kappa shape index (κ1) is 15.3. The maximum atomic E-state index is 5.98. The van der Waals surface area contributed by atoms with Crippen molar-refractivity contribution >= 4 is 13.3 Å². The lowest BCUT2D eigenvalue weighted by molar-refractivity contribution is -0.0911. The molecule has 3 heteroatoms. The second-order valence-electron chi connectivity index (χ2n) is 7.68. The second kappa shape index (κ2) is 6.23. The maximum Gasteiger partial charge on any atom is 0.0775 e. The molecule has 0 amide bonds. The third-order valence-corrected chi connectivity index (χ3v) is 7.12. The van der Waals surface area contributed by atoms with Gasteiger partial charge in [0.2, 0.25) is 0 Å². The minimum atomic E-state index is -1.17. The van der Waals surface area contributed by atoms with Crippen LogP contribution in [0.25, 0.3) is 0 Å². The normalized spacial score (nSPS) is 27.4. The SMILES string of the molecule is C[Si](C)(C)c1ccc(CN2CCOC3CCCCC32)cc1. The number of fused-ring (bicyclic) bond motifs is 1. The highest BCUT2D eigenvalue weighted by Crippen LogP contribution is 2.29. The van der Waals surface area contributed by atoms with Gasteiger partial charge in [-0.25, -0.2) is 0 Å². The summed E-state index contributed by atoms with van der Waals surface area (Å²) < 4.78 is 5.98. The van der Waals surface area contributed by atoms with E-state index >= 15 is 0 Å². The molecule has 1 saturated carbocycles. The first-order valence-electron chi connectivity index (χ1n) is 8.49. The molecule has 1 aromatic carbocycles. The van der Waals surface area contributed by atoms with Gasteiger partial charge in [-0.2, -0.15) is 0 Å². The van der Waals surface area contributed by atoms with Crippen molar-refractivity contribution in [3.05, 3.63) is 29.8 Å². The van der Waals surface area contributed by atoms with Crippen LogP contribution >= 0.6 is 0 Å². The highest BCUT2D eigenvalue weighted by molar-refractivity contribution is 6.88. The molecule has 0 aromatic heterocycles. The van der Waals surface area contributed by atoms with E-state index in [2.05, 4.69) is 48.8 Å². The quantitative estimate of drug-likeness (QED) is 0.794. The van der Waals surface area contributed by atoms with Gasteiger partial charge in [0.15, 0.2) is 0 Å². The van der Waals surface area contributed by atoms with E-state index in [9.17, 15) is 0 Å². The Balaban J connectivity index is 1.68. The van der Waals surface area contributed by atoms with Crippen LogP contribution in [-0.2, 0) is 11.3 Å². The van der Waals surface area contributed by atoms with E-state index in [1.54, 1.807) is 5.19 Å². The lowest BCUT2D eigenvalue weighted by atomic mass is 9.90. The van der Waals surface area contributed by atoms with Gasteiger partial charge in [-0.15, -0.1) is 0 Å². The number of nitrogens with zero attached hydrogens (tertiary/aromatic N) is 1. The van der Waals surface area contributed by atoms with Crippen molar-refractivity contribution in [2.75, 3.05) is 13.2 Å². The average Bonchev–Trinajstić information content (AvgIpc) is 2.47. The predicted octanol–water partition coefficient (Wildman–Crippen LogP) is 3.38. The van der Waals surface area contributed by atoms with Gasteiger partial charge in [-0.05, 0) is 18.4 Å². The molecule has 2 unspecified atom stereocenters. The topological polar surface area (TPSA) is 12.5 Å². The van der Waals surface area contributed by atoms with Crippen LogP contribution in [0.1, 0.15) is 31.2 Å². The Kier molecular flexibility index (Phi) is 4.53. The third kappa shape index (κ3) is 3.58. The molecular formula is C18H29NOSi. The molecule has 116 valence electrons. The van der Waals surface area contributed by atoms with Crippen LogP contribution < -0.4 is 5.19 Å². The number of morpholine rings is 1. The monoisotopic (exact) mass is 303 g/mol. The summed E-state index contributed by atoms with van der Waals surface area (Å²) in [6.07, 6.45) is 5.79. The first-order chi connectivity index (χ1) is 10.0. The van der Waals surface area contributed by atoms with E-state index < -0.39 is 8.07 Å². The fourth-order valence-electron chi connectivity index (χ4n) is 3.72. The number of rotatable bonds is 3. The minimum absolute atomic E-state index is 0.494. The van der Waals surface area contributed by atoms with Crippen LogP contribution in [-0.4, -0.2) is 38.3 Å². The number of hydrogen-bond acceptors (Lipinski definition) is 2. The van der Waals surface area contributed by atoms with Gasteiger partial charge in [0.1, 0.15) is 0 Å². The van der Waals surface area contributed by atoms with E-state index in [1.807, 2.05) is 0 Å². The van der Waals surface area contributed by atoms with Crippen LogP contribution in [0.2, 0.25) is 19.6 Å². The molecule has 2 atom stereocenters. The summed E-state index contributed by atoms with van der Waals surface area (Å²) in [4.78, 5) is 2.66. The Morgan fingerprint density at radius 2 is 1.81 bits per heavy atom. The predicted molar refractivity (Wildman–Crippen MR) is 91.8 cm³/mol. The van der Waals surface area contributed by atoms with Crippen molar-refractivity contribution in [3.8, 4) is 0 Å². The molecule has 1 aliphatic heterocycles. The molecular weight excluding hydrogens is 274 g/mol. The van der Waals surface area contributed by atoms with Crippen LogP contribution in [0.4, 0.5) is 0 Å². The van der Waals surface area contributed by atoms with Crippen molar-refractivity contribution in [1.29, 1.82) is 0 Å². The fraction of sp³-hybridized carbons (Fsp3) is 0.667. The highest BCUT2D eigenvalue weighted by atomic mass is 28.3. The highest BCUT2D eigenvalue weighted by Gasteiger charge is 2.33. The largest absolute Gasteiger partial charge is 0.375 e. The molecule has 1 aliphatic carbocycles. The third-order valence-electron chi connectivity index (χ3n) is 5.05. The first-order valence-corrected chi connectivity index (χ1v) is 12.0. The fourth-order valence-corrected chi connectivity index (χ4v) is 4.88. The van der Waals surface area contributed by atoms with Gasteiger partial charge in [0.05, 0.1) is 20.8 Å². The van der Waals surface area contributed by atoms with Crippen LogP contribution in [0, 0.1) is 0 Å². The zero-order valence-corrected chi connectivity index (χ0v) is 14.8. The number of hydrogen-bond donors (Lipinski definition) is 0. The summed E-state index contributed by atoms with van der Waals surface area (Å²) in [6.45, 7) is 10.3. The molecule has 21 heavy (non-hydrogen) atoms. The van der Waals surface area contributed by atoms with E-state index in [0.717, 1.165) is 19.7 Å². The molecule has 1 aromatic rings. The Hall–Kier alpha value is -0.643. The summed E-state index contributed by atoms with van der Waals surface area (Å²) in [6, 6.07) is 10.1. The summed E-state index contributed by atoms with van der Waals surface area (Å²) in [5, 5.41) is 1.56. The Bertz CT molecular complexity index is 463. The average molecular weight is 304 g/mol. The van der Waals surface area contributed by atoms with Gasteiger partial charge >= 0.3 is 0 Å². The van der Waals surface area contributed by atoms with E-state index in [0.29, 0.717) is 12.1 Å². The van der Waals surface area contributed by atoms with Crippen molar-refractivity contribution in [3.63, 3.8) is 0 Å². The molecule has 1 saturated heterocycles. The zero-order chi connectivity index (χ0) is 14.9. The summed E-state index contributed by atoms with van der Waals surface area (Å²) in [5.41, 5.74) is 1.46. The molecule has 2 aliphatic rings. The molecule has 2 fully saturated rings. The molecule has 2 nitrogen and oxygen atoms in total. The van der Waals surface area contributed by atoms with Gasteiger partial charge in [0, 0.05) is 19.1 Å². The molecule has 1 heterocycles. The molecule has 0 spiro atoms.